The summed E-state index contributed by atoms with van der Waals surface area (Å²) < 4.78 is 42.1. The molecule has 3 aromatic rings. The van der Waals surface area contributed by atoms with Gasteiger partial charge in [0, 0.05) is 0 Å². The van der Waals surface area contributed by atoms with Crippen molar-refractivity contribution in [2.45, 2.75) is 23.5 Å². The predicted octanol–water partition coefficient (Wildman–Crippen LogP) is 2.24. The number of anilines is 1. The van der Waals surface area contributed by atoms with Crippen molar-refractivity contribution in [1.29, 1.82) is 0 Å². The van der Waals surface area contributed by atoms with Crippen LogP contribution in [0.3, 0.4) is 0 Å². The van der Waals surface area contributed by atoms with E-state index in [0.29, 0.717) is 23.5 Å². The lowest BCUT2D eigenvalue weighted by Crippen LogP contribution is -2.57. The Kier molecular flexibility index (Phi) is 4.84. The van der Waals surface area contributed by atoms with Crippen LogP contribution in [0.5, 0.6) is 0 Å². The van der Waals surface area contributed by atoms with Crippen LogP contribution in [0.2, 0.25) is 5.02 Å². The fourth-order valence-corrected chi connectivity index (χ4v) is 6.27. The van der Waals surface area contributed by atoms with E-state index in [1.165, 1.54) is 10.4 Å². The molecule has 0 aliphatic carbocycles. The molecule has 0 amide bonds. The topological polar surface area (TPSA) is 134 Å². The van der Waals surface area contributed by atoms with Crippen LogP contribution < -0.4 is 15.8 Å². The molecule has 12 heteroatoms. The van der Waals surface area contributed by atoms with Gasteiger partial charge in [-0.1, -0.05) is 29.8 Å². The summed E-state index contributed by atoms with van der Waals surface area (Å²) in [6.45, 7) is 0.0458. The van der Waals surface area contributed by atoms with Crippen molar-refractivity contribution in [2.75, 3.05) is 10.8 Å². The smallest absolute Gasteiger partial charge is 0.265 e. The van der Waals surface area contributed by atoms with E-state index in [4.69, 9.17) is 23.1 Å². The van der Waals surface area contributed by atoms with Crippen molar-refractivity contribution >= 4 is 39.1 Å². The molecule has 0 radical (unpaired) electrons. The summed E-state index contributed by atoms with van der Waals surface area (Å²) in [4.78, 5) is 5.84. The van der Waals surface area contributed by atoms with Crippen LogP contribution in [-0.2, 0) is 16.4 Å². The van der Waals surface area contributed by atoms with E-state index in [-0.39, 0.29) is 22.4 Å². The molecule has 166 valence electrons. The maximum absolute atomic E-state index is 13.6. The largest absolute Gasteiger partial charge is 0.369 e. The van der Waals surface area contributed by atoms with Gasteiger partial charge in [-0.2, -0.15) is 10.1 Å². The van der Waals surface area contributed by atoms with E-state index in [0.717, 1.165) is 17.7 Å². The maximum atomic E-state index is 13.6. The minimum Gasteiger partial charge on any atom is -0.369 e. The van der Waals surface area contributed by atoms with Gasteiger partial charge in [-0.25, -0.2) is 12.8 Å². The summed E-state index contributed by atoms with van der Waals surface area (Å²) in [5.41, 5.74) is 14.7. The molecule has 0 bridgehead atoms. The molecule has 0 saturated heterocycles. The molecule has 5 N–H and O–H groups in total. The fraction of sp³-hybridized carbons (Fsp3) is 0.200. The molecular weight excluding hydrogens is 457 g/mol. The molecule has 9 nitrogen and oxygen atoms in total. The number of guanidine groups is 1. The summed E-state index contributed by atoms with van der Waals surface area (Å²) >= 11 is 6.11. The Bertz CT molecular complexity index is 1340. The minimum atomic E-state index is -4.11. The van der Waals surface area contributed by atoms with Crippen molar-refractivity contribution in [1.82, 2.24) is 15.1 Å². The third kappa shape index (κ3) is 3.20. The number of aliphatic imine (C=N–C) groups is 1. The second-order valence-corrected chi connectivity index (χ2v) is 9.83. The molecule has 1 aromatic heterocycles. The molecule has 0 spiro atoms. The predicted molar refractivity (Wildman–Crippen MR) is 119 cm³/mol. The highest BCUT2D eigenvalue weighted by molar-refractivity contribution is 7.93. The van der Waals surface area contributed by atoms with Crippen molar-refractivity contribution < 1.29 is 12.8 Å². The highest BCUT2D eigenvalue weighted by Crippen LogP contribution is 2.38. The van der Waals surface area contributed by atoms with Gasteiger partial charge in [0.1, 0.15) is 16.9 Å². The van der Waals surface area contributed by atoms with E-state index in [9.17, 15) is 12.8 Å². The zero-order chi connectivity index (χ0) is 22.6. The normalized spacial score (nSPS) is 20.5. The summed E-state index contributed by atoms with van der Waals surface area (Å²) in [6.07, 6.45) is 1.42. The number of hydrogen-bond donors (Lipinski definition) is 3. The summed E-state index contributed by atoms with van der Waals surface area (Å²) in [7, 11) is -4.11. The van der Waals surface area contributed by atoms with Gasteiger partial charge in [-0.3, -0.25) is 9.40 Å². The van der Waals surface area contributed by atoms with Crippen molar-refractivity contribution in [3.63, 3.8) is 0 Å². The van der Waals surface area contributed by atoms with E-state index >= 15 is 0 Å². The van der Waals surface area contributed by atoms with E-state index in [1.54, 1.807) is 23.2 Å². The summed E-state index contributed by atoms with van der Waals surface area (Å²) in [6, 6.07) is 9.96. The van der Waals surface area contributed by atoms with Crippen LogP contribution in [0, 0.1) is 5.82 Å². The number of benzene rings is 2. The van der Waals surface area contributed by atoms with Crippen molar-refractivity contribution in [3.05, 3.63) is 70.6 Å². The van der Waals surface area contributed by atoms with Crippen LogP contribution in [-0.4, -0.2) is 42.1 Å². The third-order valence-electron chi connectivity index (χ3n) is 5.70. The van der Waals surface area contributed by atoms with Crippen LogP contribution in [0.25, 0.3) is 0 Å². The van der Waals surface area contributed by atoms with Crippen molar-refractivity contribution in [2.24, 2.45) is 16.5 Å². The highest BCUT2D eigenvalue weighted by Gasteiger charge is 2.40. The zero-order valence-corrected chi connectivity index (χ0v) is 18.2. The number of nitrogens with one attached hydrogen (secondary N) is 1. The second-order valence-electron chi connectivity index (χ2n) is 7.59. The second kappa shape index (κ2) is 7.47. The molecule has 2 aliphatic heterocycles. The van der Waals surface area contributed by atoms with Gasteiger partial charge in [-0.15, -0.1) is 0 Å². The third-order valence-corrected chi connectivity index (χ3v) is 7.97. The number of hydrogen-bond acceptors (Lipinski definition) is 7. The Balaban J connectivity index is 1.59. The molecule has 32 heavy (non-hydrogen) atoms. The first-order valence-electron chi connectivity index (χ1n) is 9.74. The molecule has 2 aliphatic rings. The molecule has 3 heterocycles. The number of nitrogens with two attached hydrogens (primary N) is 2. The number of H-pyrrole nitrogens is 1. The Labute approximate surface area is 188 Å². The Hall–Kier alpha value is -3.15. The van der Waals surface area contributed by atoms with E-state index in [1.807, 2.05) is 12.1 Å². The van der Waals surface area contributed by atoms with Gasteiger partial charge in [0.25, 0.3) is 10.0 Å². The van der Waals surface area contributed by atoms with Gasteiger partial charge < -0.3 is 16.4 Å². The number of para-hydroxylation sites is 1. The van der Waals surface area contributed by atoms with E-state index < -0.39 is 28.0 Å². The standard InChI is InChI=1S/C20H19ClFN7O2S/c21-15-8-12(22)5-6-17(15)32(30,31)28-10-13(7-11-3-1-2-4-16(11)28)29-18(23)14-9-25-27-19(14)26-20(29)24/h1-6,8-9,13,18H,7,10,23H2,(H3,24,25,26,27). The maximum Gasteiger partial charge on any atom is 0.265 e. The lowest BCUT2D eigenvalue weighted by Gasteiger charge is -2.44. The van der Waals surface area contributed by atoms with Crippen molar-refractivity contribution in [3.8, 4) is 0 Å². The molecular formula is C20H19ClFN7O2S. The quantitative estimate of drug-likeness (QED) is 0.532. The van der Waals surface area contributed by atoms with E-state index in [2.05, 4.69) is 15.2 Å². The Morgan fingerprint density at radius 3 is 2.78 bits per heavy atom. The van der Waals surface area contributed by atoms with Crippen LogP contribution in [0.4, 0.5) is 15.9 Å². The van der Waals surface area contributed by atoms with Crippen LogP contribution in [0.15, 0.2) is 58.5 Å². The summed E-state index contributed by atoms with van der Waals surface area (Å²) in [5, 5.41) is 6.52. The number of aromatic nitrogens is 2. The minimum absolute atomic E-state index is 0.0458. The average Bonchev–Trinajstić information content (AvgIpc) is 3.21. The van der Waals surface area contributed by atoms with Crippen LogP contribution >= 0.6 is 11.6 Å². The molecule has 0 saturated carbocycles. The van der Waals surface area contributed by atoms with Gasteiger partial charge in [0.15, 0.2) is 11.8 Å². The summed E-state index contributed by atoms with van der Waals surface area (Å²) in [5.74, 6) is 0.0193. The number of rotatable bonds is 3. The number of halogens is 2. The first kappa shape index (κ1) is 20.7. The molecule has 0 fully saturated rings. The lowest BCUT2D eigenvalue weighted by molar-refractivity contribution is 0.233. The SMILES string of the molecule is NC1=Nc2[nH]ncc2C(N)N1C1Cc2ccccc2N(S(=O)(=O)c2ccc(F)cc2Cl)C1. The molecule has 2 aromatic carbocycles. The van der Waals surface area contributed by atoms with Gasteiger partial charge in [-0.05, 0) is 36.2 Å². The first-order chi connectivity index (χ1) is 15.3. The first-order valence-corrected chi connectivity index (χ1v) is 11.6. The number of nitrogens with zero attached hydrogens (tertiary/aromatic N) is 4. The van der Waals surface area contributed by atoms with Gasteiger partial charge in [0.2, 0.25) is 0 Å². The highest BCUT2D eigenvalue weighted by atomic mass is 35.5. The number of fused-ring (bicyclic) bond motifs is 2. The zero-order valence-electron chi connectivity index (χ0n) is 16.6. The molecule has 5 rings (SSSR count). The monoisotopic (exact) mass is 475 g/mol. The average molecular weight is 476 g/mol. The van der Waals surface area contributed by atoms with Gasteiger partial charge in [0.05, 0.1) is 35.1 Å². The molecule has 2 atom stereocenters. The number of sulfonamides is 1. The fourth-order valence-electron chi connectivity index (χ4n) is 4.23. The number of aromatic amines is 1. The Morgan fingerprint density at radius 2 is 2.00 bits per heavy atom. The van der Waals surface area contributed by atoms with Crippen LogP contribution in [0.1, 0.15) is 17.3 Å². The Morgan fingerprint density at radius 1 is 1.22 bits per heavy atom. The lowest BCUT2D eigenvalue weighted by atomic mass is 9.97. The molecule has 2 unspecified atom stereocenters. The van der Waals surface area contributed by atoms with Gasteiger partial charge >= 0.3 is 0 Å².